The van der Waals surface area contributed by atoms with Gasteiger partial charge in [0, 0.05) is 18.3 Å². The summed E-state index contributed by atoms with van der Waals surface area (Å²) in [6.45, 7) is 0.752. The van der Waals surface area contributed by atoms with Crippen LogP contribution in [0.15, 0.2) is 18.2 Å². The van der Waals surface area contributed by atoms with Crippen molar-refractivity contribution >= 4 is 17.5 Å². The van der Waals surface area contributed by atoms with E-state index in [1.807, 2.05) is 0 Å². The van der Waals surface area contributed by atoms with E-state index in [-0.39, 0.29) is 6.79 Å². The zero-order chi connectivity index (χ0) is 15.4. The van der Waals surface area contributed by atoms with Crippen molar-refractivity contribution in [1.29, 1.82) is 0 Å². The zero-order valence-corrected chi connectivity index (χ0v) is 12.4. The second-order valence-electron chi connectivity index (χ2n) is 5.74. The molecule has 22 heavy (non-hydrogen) atoms. The Morgan fingerprint density at radius 3 is 2.64 bits per heavy atom. The van der Waals surface area contributed by atoms with Gasteiger partial charge in [0.05, 0.1) is 0 Å². The highest BCUT2D eigenvalue weighted by molar-refractivity contribution is 6.39. The van der Waals surface area contributed by atoms with E-state index >= 15 is 0 Å². The number of ether oxygens (including phenoxy) is 2. The molecule has 0 saturated heterocycles. The monoisotopic (exact) mass is 304 g/mol. The first-order valence-electron chi connectivity index (χ1n) is 7.71. The van der Waals surface area contributed by atoms with Gasteiger partial charge in [0.25, 0.3) is 0 Å². The van der Waals surface area contributed by atoms with Crippen molar-refractivity contribution in [3.05, 3.63) is 18.2 Å². The van der Waals surface area contributed by atoms with E-state index in [0.717, 1.165) is 12.8 Å². The van der Waals surface area contributed by atoms with Crippen LogP contribution in [0, 0.1) is 5.92 Å². The lowest BCUT2D eigenvalue weighted by Crippen LogP contribution is -2.38. The highest BCUT2D eigenvalue weighted by Crippen LogP contribution is 2.34. The maximum Gasteiger partial charge on any atom is 0.313 e. The number of carbonyl (C=O) groups excluding carboxylic acids is 2. The minimum absolute atomic E-state index is 0.175. The van der Waals surface area contributed by atoms with Gasteiger partial charge in [0.15, 0.2) is 11.5 Å². The summed E-state index contributed by atoms with van der Waals surface area (Å²) in [5.41, 5.74) is 0.516. The van der Waals surface area contributed by atoms with E-state index in [9.17, 15) is 9.59 Å². The second kappa shape index (κ2) is 6.68. The molecule has 6 heteroatoms. The number of benzene rings is 1. The third kappa shape index (κ3) is 3.50. The molecule has 118 valence electrons. The van der Waals surface area contributed by atoms with Gasteiger partial charge in [-0.1, -0.05) is 19.3 Å². The number of anilines is 1. The van der Waals surface area contributed by atoms with Gasteiger partial charge in [-0.05, 0) is 30.9 Å². The average molecular weight is 304 g/mol. The van der Waals surface area contributed by atoms with Gasteiger partial charge in [-0.2, -0.15) is 0 Å². The third-order valence-corrected chi connectivity index (χ3v) is 4.11. The van der Waals surface area contributed by atoms with Gasteiger partial charge in [0.2, 0.25) is 6.79 Å². The highest BCUT2D eigenvalue weighted by atomic mass is 16.7. The molecular formula is C16H20N2O4. The van der Waals surface area contributed by atoms with Crippen LogP contribution >= 0.6 is 0 Å². The van der Waals surface area contributed by atoms with E-state index < -0.39 is 11.8 Å². The average Bonchev–Trinajstić information content (AvgIpc) is 3.01. The molecule has 1 aliphatic carbocycles. The lowest BCUT2D eigenvalue weighted by atomic mass is 9.89. The predicted octanol–water partition coefficient (Wildman–Crippen LogP) is 2.05. The molecule has 1 aliphatic heterocycles. The normalized spacial score (nSPS) is 17.1. The van der Waals surface area contributed by atoms with Crippen LogP contribution in [-0.4, -0.2) is 25.2 Å². The molecule has 6 nitrogen and oxygen atoms in total. The molecular weight excluding hydrogens is 284 g/mol. The quantitative estimate of drug-likeness (QED) is 0.838. The van der Waals surface area contributed by atoms with Crippen LogP contribution in [0.2, 0.25) is 0 Å². The molecule has 0 aromatic heterocycles. The molecule has 1 aromatic carbocycles. The fourth-order valence-electron chi connectivity index (χ4n) is 2.87. The summed E-state index contributed by atoms with van der Waals surface area (Å²) in [6, 6.07) is 5.03. The summed E-state index contributed by atoms with van der Waals surface area (Å²) >= 11 is 0. The molecule has 2 amide bonds. The fourth-order valence-corrected chi connectivity index (χ4v) is 2.87. The van der Waals surface area contributed by atoms with Gasteiger partial charge < -0.3 is 20.1 Å². The van der Waals surface area contributed by atoms with Crippen molar-refractivity contribution < 1.29 is 19.1 Å². The lowest BCUT2D eigenvalue weighted by molar-refractivity contribution is -0.136. The summed E-state index contributed by atoms with van der Waals surface area (Å²) in [7, 11) is 0. The van der Waals surface area contributed by atoms with E-state index in [1.54, 1.807) is 18.2 Å². The van der Waals surface area contributed by atoms with Gasteiger partial charge in [0.1, 0.15) is 0 Å². The molecule has 3 rings (SSSR count). The molecule has 2 N–H and O–H groups in total. The number of hydrogen-bond acceptors (Lipinski definition) is 4. The van der Waals surface area contributed by atoms with E-state index in [0.29, 0.717) is 29.6 Å². The second-order valence-corrected chi connectivity index (χ2v) is 5.74. The molecule has 1 aromatic rings. The molecule has 0 spiro atoms. The Kier molecular flexibility index (Phi) is 4.46. The number of carbonyl (C=O) groups is 2. The smallest absolute Gasteiger partial charge is 0.313 e. The van der Waals surface area contributed by atoms with Crippen molar-refractivity contribution in [3.63, 3.8) is 0 Å². The van der Waals surface area contributed by atoms with Gasteiger partial charge in [-0.25, -0.2) is 0 Å². The molecule has 0 radical (unpaired) electrons. The summed E-state index contributed by atoms with van der Waals surface area (Å²) in [5.74, 6) is 0.453. The Balaban J connectivity index is 1.49. The van der Waals surface area contributed by atoms with E-state index in [4.69, 9.17) is 9.47 Å². The summed E-state index contributed by atoms with van der Waals surface area (Å²) in [5, 5.41) is 5.29. The topological polar surface area (TPSA) is 76.7 Å². The number of rotatable bonds is 3. The highest BCUT2D eigenvalue weighted by Gasteiger charge is 2.19. The van der Waals surface area contributed by atoms with Gasteiger partial charge >= 0.3 is 11.8 Å². The Bertz CT molecular complexity index is 567. The Morgan fingerprint density at radius 1 is 1.05 bits per heavy atom. The van der Waals surface area contributed by atoms with Crippen molar-refractivity contribution in [2.45, 2.75) is 32.1 Å². The first-order chi connectivity index (χ1) is 10.7. The SMILES string of the molecule is O=C(NCC1CCCCC1)C(=O)Nc1ccc2c(c1)OCO2. The largest absolute Gasteiger partial charge is 0.454 e. The van der Waals surface area contributed by atoms with Crippen molar-refractivity contribution in [1.82, 2.24) is 5.32 Å². The van der Waals surface area contributed by atoms with Gasteiger partial charge in [-0.15, -0.1) is 0 Å². The number of amides is 2. The van der Waals surface area contributed by atoms with Gasteiger partial charge in [-0.3, -0.25) is 9.59 Å². The van der Waals surface area contributed by atoms with E-state index in [1.165, 1.54) is 19.3 Å². The fraction of sp³-hybridized carbons (Fsp3) is 0.500. The molecule has 1 heterocycles. The van der Waals surface area contributed by atoms with Crippen molar-refractivity contribution in [2.24, 2.45) is 5.92 Å². The minimum atomic E-state index is -0.658. The Morgan fingerprint density at radius 2 is 1.82 bits per heavy atom. The van der Waals surface area contributed by atoms with E-state index in [2.05, 4.69) is 10.6 Å². The first kappa shape index (κ1) is 14.7. The first-order valence-corrected chi connectivity index (χ1v) is 7.71. The van der Waals surface area contributed by atoms with Crippen LogP contribution in [-0.2, 0) is 9.59 Å². The Labute approximate surface area is 129 Å². The van der Waals surface area contributed by atoms with Crippen LogP contribution in [0.4, 0.5) is 5.69 Å². The zero-order valence-electron chi connectivity index (χ0n) is 12.4. The third-order valence-electron chi connectivity index (χ3n) is 4.11. The summed E-state index contributed by atoms with van der Waals surface area (Å²) in [4.78, 5) is 23.7. The minimum Gasteiger partial charge on any atom is -0.454 e. The summed E-state index contributed by atoms with van der Waals surface area (Å²) in [6.07, 6.45) is 5.96. The van der Waals surface area contributed by atoms with Crippen molar-refractivity contribution in [3.8, 4) is 11.5 Å². The van der Waals surface area contributed by atoms with Crippen LogP contribution in [0.3, 0.4) is 0 Å². The molecule has 2 aliphatic rings. The molecule has 0 atom stereocenters. The molecule has 1 fully saturated rings. The number of fused-ring (bicyclic) bond motifs is 1. The molecule has 0 bridgehead atoms. The maximum atomic E-state index is 11.9. The molecule has 1 saturated carbocycles. The van der Waals surface area contributed by atoms with Crippen molar-refractivity contribution in [2.75, 3.05) is 18.7 Å². The summed E-state index contributed by atoms with van der Waals surface area (Å²) < 4.78 is 10.4. The maximum absolute atomic E-state index is 11.9. The molecule has 0 unspecified atom stereocenters. The van der Waals surface area contributed by atoms with Crippen LogP contribution in [0.1, 0.15) is 32.1 Å². The number of nitrogens with one attached hydrogen (secondary N) is 2. The number of hydrogen-bond donors (Lipinski definition) is 2. The van der Waals surface area contributed by atoms with Crippen LogP contribution in [0.5, 0.6) is 11.5 Å². The predicted molar refractivity (Wildman–Crippen MR) is 80.8 cm³/mol. The Hall–Kier alpha value is -2.24. The lowest BCUT2D eigenvalue weighted by Gasteiger charge is -2.21. The standard InChI is InChI=1S/C16H20N2O4/c19-15(17-9-11-4-2-1-3-5-11)16(20)18-12-6-7-13-14(8-12)22-10-21-13/h6-8,11H,1-5,9-10H2,(H,17,19)(H,18,20). The van der Waals surface area contributed by atoms with Crippen LogP contribution in [0.25, 0.3) is 0 Å². The van der Waals surface area contributed by atoms with Crippen LogP contribution < -0.4 is 20.1 Å².